The van der Waals surface area contributed by atoms with E-state index in [-0.39, 0.29) is 38.6 Å². The van der Waals surface area contributed by atoms with Crippen molar-refractivity contribution in [1.29, 1.82) is 0 Å². The Morgan fingerprint density at radius 3 is 2.03 bits per heavy atom. The van der Waals surface area contributed by atoms with E-state index in [2.05, 4.69) is 70.2 Å². The van der Waals surface area contributed by atoms with Crippen molar-refractivity contribution in [3.05, 3.63) is 112 Å². The first-order valence-electron chi connectivity index (χ1n) is 17.9. The van der Waals surface area contributed by atoms with E-state index >= 15 is 0 Å². The number of aromatic nitrogens is 1. The first-order valence-corrected chi connectivity index (χ1v) is 13.4. The lowest BCUT2D eigenvalue weighted by molar-refractivity contribution is -0.660. The van der Waals surface area contributed by atoms with Gasteiger partial charge in [-0.3, -0.25) is 0 Å². The lowest BCUT2D eigenvalue weighted by Gasteiger charge is -2.49. The molecule has 0 N–H and O–H groups in total. The molecular weight excluding hydrogens is 470 g/mol. The summed E-state index contributed by atoms with van der Waals surface area (Å²) < 4.78 is 76.8. The summed E-state index contributed by atoms with van der Waals surface area (Å²) in [6.45, 7) is 3.05. The maximum atomic E-state index is 8.42. The molecule has 1 aromatic heterocycles. The van der Waals surface area contributed by atoms with Gasteiger partial charge in [-0.25, -0.2) is 4.57 Å². The molecule has 1 nitrogen and oxygen atoms in total. The molecule has 5 aromatic rings. The molecule has 1 aliphatic rings. The molecule has 0 amide bonds. The largest absolute Gasteiger partial charge is 0.213 e. The van der Waals surface area contributed by atoms with Crippen LogP contribution in [0.4, 0.5) is 0 Å². The zero-order valence-corrected chi connectivity index (χ0v) is 23.5. The predicted octanol–water partition coefficient (Wildman–Crippen LogP) is 9.47. The Hall–Kier alpha value is -3.71. The Morgan fingerprint density at radius 2 is 1.31 bits per heavy atom. The molecule has 0 aliphatic heterocycles. The van der Waals surface area contributed by atoms with E-state index in [1.807, 2.05) is 13.0 Å². The minimum Gasteiger partial charge on any atom is -0.201 e. The second-order valence-electron chi connectivity index (χ2n) is 12.0. The standard InChI is InChI=1S/C38H40N/c1-23-13-12-14-24(2)35(23)30-21-34(39(9)22-26(30)4)29-20-33-31(19-25(29)3)36-28-16-11-10-15-27(28)17-18-32(36)37(5,6)38(33,7)8/h10-22H,1-9H3/q+1/i1D3,2D3,4D3. The average molecular weight is 520 g/mol. The summed E-state index contributed by atoms with van der Waals surface area (Å²) in [5, 5.41) is 2.34. The summed E-state index contributed by atoms with van der Waals surface area (Å²) in [7, 11) is 1.77. The third-order valence-corrected chi connectivity index (χ3v) is 9.36. The third-order valence-electron chi connectivity index (χ3n) is 9.36. The van der Waals surface area contributed by atoms with Crippen LogP contribution in [0.15, 0.2) is 79.0 Å². The number of nitrogens with zero attached hydrogens (tertiary/aromatic N) is 1. The highest BCUT2D eigenvalue weighted by Crippen LogP contribution is 2.56. The molecule has 196 valence electrons. The molecular formula is C38H40N+. The fraction of sp³-hybridized carbons (Fsp3) is 0.289. The fourth-order valence-corrected chi connectivity index (χ4v) is 6.43. The molecule has 1 heteroatoms. The zero-order valence-electron chi connectivity index (χ0n) is 32.5. The number of hydrogen-bond acceptors (Lipinski definition) is 0. The molecule has 1 aliphatic carbocycles. The van der Waals surface area contributed by atoms with E-state index < -0.39 is 20.6 Å². The van der Waals surface area contributed by atoms with Crippen LogP contribution in [0.3, 0.4) is 0 Å². The summed E-state index contributed by atoms with van der Waals surface area (Å²) in [6.07, 6.45) is 1.49. The molecule has 0 atom stereocenters. The van der Waals surface area contributed by atoms with E-state index in [9.17, 15) is 0 Å². The SMILES string of the molecule is [2H]C([2H])([2H])c1c[n+](C)c(-c2cc3c(cc2C)-c2c(ccc4ccccc24)C(C)(C)C3(C)C)cc1-c1c(C([2H])([2H])[2H])cccc1C([2H])([2H])[2H]. The number of pyridine rings is 1. The maximum absolute atomic E-state index is 8.42. The smallest absolute Gasteiger partial charge is 0.201 e. The fourth-order valence-electron chi connectivity index (χ4n) is 6.43. The predicted molar refractivity (Wildman–Crippen MR) is 166 cm³/mol. The zero-order chi connectivity index (χ0) is 35.4. The van der Waals surface area contributed by atoms with Gasteiger partial charge in [0, 0.05) is 29.5 Å². The number of rotatable bonds is 2. The summed E-state index contributed by atoms with van der Waals surface area (Å²) in [5.41, 5.74) is 6.13. The van der Waals surface area contributed by atoms with Crippen LogP contribution in [-0.4, -0.2) is 0 Å². The van der Waals surface area contributed by atoms with Crippen molar-refractivity contribution in [3.8, 4) is 33.5 Å². The Kier molecular flexibility index (Phi) is 3.79. The van der Waals surface area contributed by atoms with Gasteiger partial charge in [-0.05, 0) is 105 Å². The van der Waals surface area contributed by atoms with Gasteiger partial charge in [0.1, 0.15) is 7.05 Å². The van der Waals surface area contributed by atoms with E-state index in [4.69, 9.17) is 12.3 Å². The second kappa shape index (κ2) is 8.65. The van der Waals surface area contributed by atoms with Crippen molar-refractivity contribution in [3.63, 3.8) is 0 Å². The number of benzene rings is 4. The Bertz CT molecular complexity index is 2080. The van der Waals surface area contributed by atoms with Gasteiger partial charge >= 0.3 is 0 Å². The summed E-state index contributed by atoms with van der Waals surface area (Å²) >= 11 is 0. The lowest BCUT2D eigenvalue weighted by atomic mass is 9.54. The maximum Gasteiger partial charge on any atom is 0.213 e. The van der Waals surface area contributed by atoms with Crippen LogP contribution in [0.1, 0.15) is 73.4 Å². The second-order valence-corrected chi connectivity index (χ2v) is 12.0. The summed E-state index contributed by atoms with van der Waals surface area (Å²) in [4.78, 5) is 0. The van der Waals surface area contributed by atoms with Gasteiger partial charge in [0.15, 0.2) is 6.20 Å². The van der Waals surface area contributed by atoms with Crippen LogP contribution in [-0.2, 0) is 17.9 Å². The summed E-state index contributed by atoms with van der Waals surface area (Å²) in [6, 6.07) is 23.0. The van der Waals surface area contributed by atoms with Gasteiger partial charge in [-0.2, -0.15) is 0 Å². The van der Waals surface area contributed by atoms with Gasteiger partial charge in [0.2, 0.25) is 5.69 Å². The first-order chi connectivity index (χ1) is 22.1. The van der Waals surface area contributed by atoms with Crippen LogP contribution in [0, 0.1) is 27.5 Å². The van der Waals surface area contributed by atoms with Crippen molar-refractivity contribution in [2.75, 3.05) is 0 Å². The third kappa shape index (κ3) is 3.63. The average Bonchev–Trinajstić information content (AvgIpc) is 2.98. The Balaban J connectivity index is 1.71. The van der Waals surface area contributed by atoms with E-state index in [1.54, 1.807) is 17.7 Å². The lowest BCUT2D eigenvalue weighted by Crippen LogP contribution is -2.43. The molecule has 4 aromatic carbocycles. The van der Waals surface area contributed by atoms with Crippen LogP contribution in [0.25, 0.3) is 44.3 Å². The van der Waals surface area contributed by atoms with Crippen LogP contribution >= 0.6 is 0 Å². The molecule has 39 heavy (non-hydrogen) atoms. The normalized spacial score (nSPS) is 19.6. The van der Waals surface area contributed by atoms with Gasteiger partial charge in [0.25, 0.3) is 0 Å². The number of aryl methyl sites for hydroxylation is 5. The first kappa shape index (κ1) is 17.1. The van der Waals surface area contributed by atoms with E-state index in [0.29, 0.717) is 5.69 Å². The highest BCUT2D eigenvalue weighted by Gasteiger charge is 2.46. The molecule has 0 radical (unpaired) electrons. The molecule has 6 rings (SSSR count). The molecule has 0 saturated carbocycles. The Morgan fingerprint density at radius 1 is 0.615 bits per heavy atom. The van der Waals surface area contributed by atoms with E-state index in [1.165, 1.54) is 40.9 Å². The highest BCUT2D eigenvalue weighted by molar-refractivity contribution is 6.01. The van der Waals surface area contributed by atoms with Gasteiger partial charge in [-0.15, -0.1) is 0 Å². The summed E-state index contributed by atoms with van der Waals surface area (Å²) in [5.74, 6) is 0. The van der Waals surface area contributed by atoms with Crippen LogP contribution in [0.2, 0.25) is 0 Å². The topological polar surface area (TPSA) is 3.88 Å². The van der Waals surface area contributed by atoms with Crippen molar-refractivity contribution >= 4 is 10.8 Å². The minimum absolute atomic E-state index is 0.0778. The minimum atomic E-state index is -2.69. The monoisotopic (exact) mass is 519 g/mol. The molecule has 0 fully saturated rings. The number of fused-ring (bicyclic) bond motifs is 5. The van der Waals surface area contributed by atoms with Crippen molar-refractivity contribution in [2.45, 2.75) is 66.0 Å². The quantitative estimate of drug-likeness (QED) is 0.204. The molecule has 0 bridgehead atoms. The molecule has 1 heterocycles. The van der Waals surface area contributed by atoms with Gasteiger partial charge in [-0.1, -0.05) is 88.4 Å². The Labute approximate surface area is 246 Å². The van der Waals surface area contributed by atoms with Crippen LogP contribution < -0.4 is 4.57 Å². The van der Waals surface area contributed by atoms with Gasteiger partial charge in [0.05, 0.1) is 0 Å². The molecule has 0 spiro atoms. The van der Waals surface area contributed by atoms with Crippen molar-refractivity contribution in [2.24, 2.45) is 7.05 Å². The molecule has 0 unspecified atom stereocenters. The van der Waals surface area contributed by atoms with Crippen LogP contribution in [0.5, 0.6) is 0 Å². The van der Waals surface area contributed by atoms with Crippen molar-refractivity contribution < 1.29 is 16.9 Å². The highest BCUT2D eigenvalue weighted by atomic mass is 14.9. The molecule has 0 saturated heterocycles. The van der Waals surface area contributed by atoms with E-state index in [0.717, 1.165) is 27.6 Å². The van der Waals surface area contributed by atoms with Crippen molar-refractivity contribution in [1.82, 2.24) is 0 Å². The number of hydrogen-bond donors (Lipinski definition) is 0. The van der Waals surface area contributed by atoms with Gasteiger partial charge < -0.3 is 0 Å².